The number of carboxylic acids is 1. The lowest BCUT2D eigenvalue weighted by Gasteiger charge is -2.63. The van der Waals surface area contributed by atoms with E-state index >= 15 is 17.6 Å². The number of aliphatic carboxylic acids is 1. The van der Waals surface area contributed by atoms with Crippen molar-refractivity contribution in [1.29, 1.82) is 0 Å². The summed E-state index contributed by atoms with van der Waals surface area (Å²) in [7, 11) is 0. The second kappa shape index (κ2) is 33.5. The van der Waals surface area contributed by atoms with E-state index in [2.05, 4.69) is 5.32 Å². The lowest BCUT2D eigenvalue weighted by Crippen LogP contribution is -2.70. The third-order valence-electron chi connectivity index (χ3n) is 25.7. The number of carbonyl (C=O) groups is 6. The number of benzene rings is 4. The lowest BCUT2D eigenvalue weighted by molar-refractivity contribution is -0.235. The molecule has 25 heteroatoms. The molecule has 0 radical (unpaired) electrons. The molecule has 8 fully saturated rings. The van der Waals surface area contributed by atoms with Crippen LogP contribution in [0.25, 0.3) is 0 Å². The molecule has 4 aromatic rings. The molecule has 8 aliphatic carbocycles. The minimum Gasteiger partial charge on any atom is -0.481 e. The summed E-state index contributed by atoms with van der Waals surface area (Å²) in [6.45, 7) is 13.0. The van der Waals surface area contributed by atoms with Crippen molar-refractivity contribution in [2.24, 2.45) is 45.3 Å². The van der Waals surface area contributed by atoms with E-state index in [9.17, 15) is 49.2 Å². The third kappa shape index (κ3) is 15.0. The molecule has 2 aliphatic heterocycles. The second-order valence-electron chi connectivity index (χ2n) is 32.1. The van der Waals surface area contributed by atoms with Crippen LogP contribution in [0.5, 0.6) is 0 Å². The molecule has 2 unspecified atom stereocenters. The molecule has 600 valence electrons. The highest BCUT2D eigenvalue weighted by molar-refractivity contribution is 6.02. The van der Waals surface area contributed by atoms with Gasteiger partial charge in [-0.25, -0.2) is 17.6 Å². The molecule has 0 aromatic heterocycles. The average molecular weight is 1550 g/mol. The fourth-order valence-corrected chi connectivity index (χ4v) is 20.4. The number of rotatable bonds is 27. The van der Waals surface area contributed by atoms with Crippen molar-refractivity contribution in [2.45, 2.75) is 190 Å². The lowest BCUT2D eigenvalue weighted by atomic mass is 9.44. The summed E-state index contributed by atoms with van der Waals surface area (Å²) in [5, 5.41) is 55.0. The zero-order chi connectivity index (χ0) is 79.6. The Morgan fingerprint density at radius 1 is 0.541 bits per heavy atom. The number of nitrogen functional groups attached to an aromatic ring is 1. The van der Waals surface area contributed by atoms with Crippen LogP contribution in [0.3, 0.4) is 0 Å². The van der Waals surface area contributed by atoms with E-state index in [0.717, 1.165) is 53.9 Å². The first-order valence-corrected chi connectivity index (χ1v) is 38.8. The number of carboxylic acid groups (broad SMARTS) is 1. The van der Waals surface area contributed by atoms with Crippen LogP contribution in [0, 0.1) is 45.3 Å². The van der Waals surface area contributed by atoms with Crippen molar-refractivity contribution in [1.82, 2.24) is 0 Å². The van der Waals surface area contributed by atoms with Crippen molar-refractivity contribution in [2.75, 3.05) is 77.1 Å². The van der Waals surface area contributed by atoms with Gasteiger partial charge in [-0.2, -0.15) is 0 Å². The summed E-state index contributed by atoms with van der Waals surface area (Å²) in [6, 6.07) is 30.4. The quantitative estimate of drug-likeness (QED) is 0.0166. The van der Waals surface area contributed by atoms with Crippen LogP contribution in [0.15, 0.2) is 145 Å². The maximum atomic E-state index is 17.7. The Labute approximate surface area is 644 Å². The van der Waals surface area contributed by atoms with Gasteiger partial charge in [0.25, 0.3) is 0 Å². The zero-order valence-corrected chi connectivity index (χ0v) is 63.7. The Hall–Kier alpha value is -7.50. The fraction of sp³-hybridized carbons (Fsp3) is 0.558. The normalized spacial score (nSPS) is 35.7. The number of fused-ring (bicyclic) bond motifs is 14. The van der Waals surface area contributed by atoms with E-state index in [1.165, 1.54) is 38.2 Å². The van der Waals surface area contributed by atoms with Gasteiger partial charge in [0.05, 0.1) is 76.9 Å². The van der Waals surface area contributed by atoms with E-state index in [1.807, 2.05) is 111 Å². The minimum absolute atomic E-state index is 0.0254. The number of alkyl halides is 4. The number of ether oxygens (including phenoxy) is 8. The molecule has 21 nitrogen and oxygen atoms in total. The smallest absolute Gasteiger partial charge is 0.305 e. The van der Waals surface area contributed by atoms with E-state index in [0.29, 0.717) is 75.0 Å². The van der Waals surface area contributed by atoms with Crippen LogP contribution >= 0.6 is 0 Å². The number of amides is 1. The first-order chi connectivity index (χ1) is 52.9. The number of ketones is 4. The van der Waals surface area contributed by atoms with Gasteiger partial charge in [-0.1, -0.05) is 113 Å². The summed E-state index contributed by atoms with van der Waals surface area (Å²) in [5.74, 6) is -6.27. The van der Waals surface area contributed by atoms with Gasteiger partial charge in [-0.05, 0) is 172 Å². The predicted octanol–water partition coefficient (Wildman–Crippen LogP) is 11.1. The van der Waals surface area contributed by atoms with Crippen molar-refractivity contribution >= 4 is 46.4 Å². The summed E-state index contributed by atoms with van der Waals surface area (Å²) in [6.07, 6.45) is 0.454. The number of halogens is 4. The monoisotopic (exact) mass is 1540 g/mol. The van der Waals surface area contributed by atoms with Crippen molar-refractivity contribution < 1.29 is 110 Å². The van der Waals surface area contributed by atoms with Crippen LogP contribution in [-0.2, 0) is 79.5 Å². The molecule has 1 amide bonds. The molecule has 20 atom stereocenters. The Morgan fingerprint density at radius 2 is 0.955 bits per heavy atom. The number of Topliss-reactive ketones (excluding diaryl/α,β-unsaturated/α-hetero) is 2. The first-order valence-electron chi connectivity index (χ1n) is 38.8. The van der Waals surface area contributed by atoms with Crippen LogP contribution in [0.4, 0.5) is 28.9 Å². The van der Waals surface area contributed by atoms with Crippen molar-refractivity contribution in [3.8, 4) is 0 Å². The molecular formula is C86H104F4N2O19. The molecule has 6 saturated carbocycles. The van der Waals surface area contributed by atoms with E-state index in [1.54, 1.807) is 13.8 Å². The standard InChI is InChI=1S/C43H51F2NO9.C35H37F2NO6.C8H16O4/c1-4-15-52-17-18-53-16-13-38(51)46-29-7-5-6-27(20-29)19-26-8-10-28(11-9-26)39-54-37-23-31-32-22-34(44)33-21-30(48)12-14-40(33,2)42(32,45)35(49)24-41(31,3)43(37,55-39)36(50)25-47;1-32-11-10-23(40)14-26(32)27(36)15-25-24-16-30-35(29(42)18-39,33(24,2)17-28(41)34(25,32)37)44-31(43-30)21-8-6-19(7-9-21)12-20-4-3-5-22(38)13-20;1-2-4-11-6-7-12-5-3-8(9)10/h5-12,14,20-21,31-32,34-35,37,39,47,49H,4,13,15-19,22-25H2,1-3H3,(H,46,51);3-11,13-14,24-25,27-28,30-31,39,41H,12,15-18,38H2,1-2H3;2-7H2,1H3,(H,9,10)/t31-,32-,34-,35-,37+,39?,40-,41-,42-,43+;24-,25-,27-,28-,30+,31?,32-,33-,34-,35+;/m00./s1. The average Bonchev–Trinajstić information content (AvgIpc) is 1.55. The van der Waals surface area contributed by atoms with Gasteiger partial charge < -0.3 is 74.5 Å². The molecular weight excluding hydrogens is 1440 g/mol. The number of nitrogens with one attached hydrogen (secondary N) is 1. The van der Waals surface area contributed by atoms with Crippen LogP contribution in [0.1, 0.15) is 152 Å². The van der Waals surface area contributed by atoms with Crippen LogP contribution in [0.2, 0.25) is 0 Å². The van der Waals surface area contributed by atoms with Crippen molar-refractivity contribution in [3.05, 3.63) is 178 Å². The summed E-state index contributed by atoms with van der Waals surface area (Å²) < 4.78 is 114. The maximum absolute atomic E-state index is 17.7. The van der Waals surface area contributed by atoms with Gasteiger partial charge in [0.15, 0.2) is 58.3 Å². The predicted molar refractivity (Wildman–Crippen MR) is 400 cm³/mol. The minimum atomic E-state index is -2.32. The molecule has 10 aliphatic rings. The molecule has 111 heavy (non-hydrogen) atoms. The fourth-order valence-electron chi connectivity index (χ4n) is 20.4. The van der Waals surface area contributed by atoms with Crippen molar-refractivity contribution in [3.63, 3.8) is 0 Å². The summed E-state index contributed by atoms with van der Waals surface area (Å²) in [5.41, 5.74) is -0.701. The number of aliphatic hydroxyl groups excluding tert-OH is 4. The van der Waals surface area contributed by atoms with Crippen LogP contribution < -0.4 is 11.1 Å². The van der Waals surface area contributed by atoms with Gasteiger partial charge in [0.2, 0.25) is 5.91 Å². The maximum Gasteiger partial charge on any atom is 0.305 e. The molecule has 4 aromatic carbocycles. The van der Waals surface area contributed by atoms with Gasteiger partial charge >= 0.3 is 5.97 Å². The third-order valence-corrected chi connectivity index (χ3v) is 25.7. The Morgan fingerprint density at radius 3 is 1.37 bits per heavy atom. The largest absolute Gasteiger partial charge is 0.481 e. The molecule has 2 heterocycles. The van der Waals surface area contributed by atoms with Crippen LogP contribution in [-0.4, -0.2) is 186 Å². The number of hydrogen-bond acceptors (Lipinski definition) is 19. The highest BCUT2D eigenvalue weighted by atomic mass is 19.2. The van der Waals surface area contributed by atoms with Gasteiger partial charge in [-0.3, -0.25) is 28.8 Å². The Bertz CT molecular complexity index is 4220. The number of aliphatic hydroxyl groups is 4. The molecule has 0 spiro atoms. The summed E-state index contributed by atoms with van der Waals surface area (Å²) >= 11 is 0. The number of anilines is 2. The van der Waals surface area contributed by atoms with E-state index < -0.39 is 160 Å². The number of hydrogen-bond donors (Lipinski definition) is 7. The van der Waals surface area contributed by atoms with Gasteiger partial charge in [0, 0.05) is 69.2 Å². The Balaban J connectivity index is 0.000000183. The first kappa shape index (κ1) is 82.9. The topological polar surface area (TPSA) is 315 Å². The van der Waals surface area contributed by atoms with E-state index in [4.69, 9.17) is 48.7 Å². The highest BCUT2D eigenvalue weighted by Gasteiger charge is 2.82. The van der Waals surface area contributed by atoms with E-state index in [-0.39, 0.29) is 75.0 Å². The highest BCUT2D eigenvalue weighted by Crippen LogP contribution is 2.75. The molecule has 2 saturated heterocycles. The molecule has 8 N–H and O–H groups in total. The number of allylic oxidation sites excluding steroid dienone is 8. The molecule has 14 rings (SSSR count). The summed E-state index contributed by atoms with van der Waals surface area (Å²) in [4.78, 5) is 74.4. The second-order valence-corrected chi connectivity index (χ2v) is 32.1. The van der Waals surface area contributed by atoms with Gasteiger partial charge in [-0.15, -0.1) is 0 Å². The number of carbonyl (C=O) groups excluding carboxylic acids is 5. The SMILES string of the molecule is CCCOCCOCCC(=O)Nc1cccc(Cc2ccc(C3O[C@@H]4C[C@H]5[C@@H]6C[C@H](F)C7=CC(=O)C=C[C@]7(C)[C@@]6(F)[C@@H](O)C[C@]5(C)[C@]4(C(=O)CO)O3)cc2)c1.CCCOCCOCCC(=O)O.C[C@]12C=CC(=O)C=C1[C@@H](F)C[C@H]1[C@@H]3C[C@H]4OC(c5ccc(Cc6cccc(N)c6)cc5)O[C@@]4(C(=O)CO)[C@@]3(C)C[C@H](O)[C@@]12F. The van der Waals surface area contributed by atoms with Gasteiger partial charge in [0.1, 0.15) is 25.6 Å². The zero-order valence-electron chi connectivity index (χ0n) is 63.7. The molecule has 0 bridgehead atoms. The number of nitrogens with two attached hydrogens (primary N) is 1. The Kier molecular flexibility index (Phi) is 25.0.